The zero-order chi connectivity index (χ0) is 31.0. The number of carboxylic acid groups (broad SMARTS) is 1. The van der Waals surface area contributed by atoms with Crippen molar-refractivity contribution in [1.29, 1.82) is 0 Å². The maximum absolute atomic E-state index is 14.2. The van der Waals surface area contributed by atoms with Crippen LogP contribution < -0.4 is 10.1 Å². The van der Waals surface area contributed by atoms with E-state index in [0.29, 0.717) is 6.54 Å². The number of rotatable bonds is 7. The Bertz CT molecular complexity index is 1260. The zero-order valence-electron chi connectivity index (χ0n) is 25.9. The highest BCUT2D eigenvalue weighted by molar-refractivity contribution is 5.87. The predicted molar refractivity (Wildman–Crippen MR) is 160 cm³/mol. The summed E-state index contributed by atoms with van der Waals surface area (Å²) < 4.78 is 33.8. The summed E-state index contributed by atoms with van der Waals surface area (Å²) >= 11 is 0. The molecule has 0 aromatic heterocycles. The van der Waals surface area contributed by atoms with E-state index in [9.17, 15) is 23.5 Å². The second kappa shape index (κ2) is 11.9. The van der Waals surface area contributed by atoms with Crippen molar-refractivity contribution in [2.75, 3.05) is 7.11 Å². The van der Waals surface area contributed by atoms with Crippen LogP contribution in [0.4, 0.5) is 8.78 Å². The highest BCUT2D eigenvalue weighted by Crippen LogP contribution is 2.50. The third kappa shape index (κ3) is 6.64. The van der Waals surface area contributed by atoms with E-state index in [4.69, 9.17) is 4.74 Å². The first-order valence-corrected chi connectivity index (χ1v) is 14.9. The van der Waals surface area contributed by atoms with Gasteiger partial charge >= 0.3 is 5.97 Å². The number of carboxylic acids is 1. The Balaban J connectivity index is 1.80. The summed E-state index contributed by atoms with van der Waals surface area (Å²) in [5, 5.41) is 14.3. The number of likely N-dealkylation sites (tertiary alicyclic amines) is 1. The SMILES string of the molecule is COc1ccc(C(C)(C)C)cc1CN[C@H]1[C@H](C(C)(C)C)[C@@H](C(=O)O)N(C(=O)C2CCC(F)(F)CC2)[C@H]1c1ccccc1. The van der Waals surface area contributed by atoms with Crippen molar-refractivity contribution in [3.8, 4) is 5.75 Å². The monoisotopic (exact) mass is 584 g/mol. The standard InChI is InChI=1S/C34H46F2N2O4/c1-32(2,3)24-13-14-25(42-7)23(19-24)20-37-27-26(33(4,5)6)29(31(40)41)38(28(27)21-11-9-8-10-12-21)30(39)22-15-17-34(35,36)18-16-22/h8-14,19,22,26-29,37H,15-18,20H2,1-7H3,(H,40,41)/t26-,27-,28-,29-/m0/s1. The number of nitrogens with one attached hydrogen (secondary N) is 1. The Labute approximate surface area is 248 Å². The van der Waals surface area contributed by atoms with Crippen LogP contribution >= 0.6 is 0 Å². The second-order valence-corrected chi connectivity index (χ2v) is 14.1. The highest BCUT2D eigenvalue weighted by atomic mass is 19.3. The van der Waals surface area contributed by atoms with Crippen LogP contribution in [-0.2, 0) is 21.5 Å². The molecule has 42 heavy (non-hydrogen) atoms. The topological polar surface area (TPSA) is 78.9 Å². The van der Waals surface area contributed by atoms with Gasteiger partial charge in [-0.25, -0.2) is 13.6 Å². The minimum absolute atomic E-state index is 0.0469. The maximum Gasteiger partial charge on any atom is 0.326 e. The predicted octanol–water partition coefficient (Wildman–Crippen LogP) is 6.98. The van der Waals surface area contributed by atoms with Gasteiger partial charge in [0.05, 0.1) is 13.2 Å². The molecule has 2 aliphatic rings. The number of benzene rings is 2. The van der Waals surface area contributed by atoms with Crippen LogP contribution in [-0.4, -0.2) is 47.0 Å². The Morgan fingerprint density at radius 2 is 1.64 bits per heavy atom. The summed E-state index contributed by atoms with van der Waals surface area (Å²) in [7, 11) is 1.63. The molecule has 8 heteroatoms. The van der Waals surface area contributed by atoms with Crippen LogP contribution in [0.1, 0.15) is 90.0 Å². The van der Waals surface area contributed by atoms with Gasteiger partial charge < -0.3 is 20.1 Å². The van der Waals surface area contributed by atoms with Gasteiger partial charge in [0.25, 0.3) is 0 Å². The quantitative estimate of drug-likeness (QED) is 0.367. The van der Waals surface area contributed by atoms with Crippen molar-refractivity contribution in [2.45, 2.75) is 103 Å². The summed E-state index contributed by atoms with van der Waals surface area (Å²) in [5.41, 5.74) is 2.32. The lowest BCUT2D eigenvalue weighted by Gasteiger charge is -2.36. The third-order valence-electron chi connectivity index (χ3n) is 9.06. The molecule has 2 fully saturated rings. The molecule has 4 rings (SSSR count). The zero-order valence-corrected chi connectivity index (χ0v) is 25.9. The van der Waals surface area contributed by atoms with Gasteiger partial charge in [0.2, 0.25) is 11.8 Å². The van der Waals surface area contributed by atoms with Crippen LogP contribution in [0.15, 0.2) is 48.5 Å². The van der Waals surface area contributed by atoms with Gasteiger partial charge in [0, 0.05) is 42.8 Å². The average Bonchev–Trinajstić information content (AvgIpc) is 3.27. The Morgan fingerprint density at radius 3 is 2.17 bits per heavy atom. The molecule has 1 amide bonds. The van der Waals surface area contributed by atoms with E-state index in [1.54, 1.807) is 7.11 Å². The number of halogens is 2. The molecule has 0 radical (unpaired) electrons. The summed E-state index contributed by atoms with van der Waals surface area (Å²) in [5.74, 6) is -4.60. The second-order valence-electron chi connectivity index (χ2n) is 14.1. The fourth-order valence-corrected chi connectivity index (χ4v) is 6.84. The number of aliphatic carboxylic acids is 1. The number of amides is 1. The molecule has 1 aliphatic heterocycles. The van der Waals surface area contributed by atoms with Crippen molar-refractivity contribution in [1.82, 2.24) is 10.2 Å². The first-order chi connectivity index (χ1) is 19.5. The Morgan fingerprint density at radius 1 is 1.02 bits per heavy atom. The lowest BCUT2D eigenvalue weighted by Crippen LogP contribution is -2.49. The molecule has 1 saturated carbocycles. The van der Waals surface area contributed by atoms with E-state index in [1.165, 1.54) is 4.90 Å². The van der Waals surface area contributed by atoms with Gasteiger partial charge in [-0.05, 0) is 40.9 Å². The van der Waals surface area contributed by atoms with E-state index in [1.807, 2.05) is 57.2 Å². The van der Waals surface area contributed by atoms with E-state index < -0.39 is 47.3 Å². The van der Waals surface area contributed by atoms with Crippen LogP contribution in [0.25, 0.3) is 0 Å². The molecule has 230 valence electrons. The van der Waals surface area contributed by atoms with Gasteiger partial charge in [-0.3, -0.25) is 4.79 Å². The molecular formula is C34H46F2N2O4. The van der Waals surface area contributed by atoms with Gasteiger partial charge in [0.1, 0.15) is 11.8 Å². The number of hydrogen-bond donors (Lipinski definition) is 2. The van der Waals surface area contributed by atoms with Crippen molar-refractivity contribution < 1.29 is 28.2 Å². The molecule has 1 saturated heterocycles. The number of carbonyl (C=O) groups excluding carboxylic acids is 1. The third-order valence-corrected chi connectivity index (χ3v) is 9.06. The Kier molecular flexibility index (Phi) is 9.08. The molecule has 2 aromatic carbocycles. The van der Waals surface area contributed by atoms with Crippen LogP contribution in [0.3, 0.4) is 0 Å². The van der Waals surface area contributed by atoms with E-state index >= 15 is 0 Å². The molecule has 2 N–H and O–H groups in total. The molecule has 0 unspecified atom stereocenters. The first-order valence-electron chi connectivity index (χ1n) is 14.9. The number of carbonyl (C=O) groups is 2. The van der Waals surface area contributed by atoms with Crippen molar-refractivity contribution in [3.05, 3.63) is 65.2 Å². The molecule has 4 atom stereocenters. The highest BCUT2D eigenvalue weighted by Gasteiger charge is 2.58. The maximum atomic E-state index is 14.2. The Hall–Kier alpha value is -3.00. The number of methoxy groups -OCH3 is 1. The van der Waals surface area contributed by atoms with Crippen molar-refractivity contribution in [2.24, 2.45) is 17.3 Å². The minimum Gasteiger partial charge on any atom is -0.496 e. The van der Waals surface area contributed by atoms with Gasteiger partial charge in [0.15, 0.2) is 0 Å². The normalized spacial score (nSPS) is 24.9. The molecule has 6 nitrogen and oxygen atoms in total. The van der Waals surface area contributed by atoms with Crippen LogP contribution in [0, 0.1) is 17.3 Å². The molecular weight excluding hydrogens is 538 g/mol. The fourth-order valence-electron chi connectivity index (χ4n) is 6.84. The summed E-state index contributed by atoms with van der Waals surface area (Å²) in [4.78, 5) is 28.8. The molecule has 0 bridgehead atoms. The smallest absolute Gasteiger partial charge is 0.326 e. The molecule has 0 spiro atoms. The molecule has 1 heterocycles. The first kappa shape index (κ1) is 31.9. The summed E-state index contributed by atoms with van der Waals surface area (Å²) in [6.07, 6.45) is -0.630. The van der Waals surface area contributed by atoms with Crippen molar-refractivity contribution in [3.63, 3.8) is 0 Å². The van der Waals surface area contributed by atoms with E-state index in [2.05, 4.69) is 38.2 Å². The lowest BCUT2D eigenvalue weighted by molar-refractivity contribution is -0.156. The van der Waals surface area contributed by atoms with E-state index in [-0.39, 0.29) is 37.0 Å². The van der Waals surface area contributed by atoms with Gasteiger partial charge in [-0.1, -0.05) is 84.0 Å². The molecule has 1 aliphatic carbocycles. The number of nitrogens with zero attached hydrogens (tertiary/aromatic N) is 1. The largest absolute Gasteiger partial charge is 0.496 e. The number of ether oxygens (including phenoxy) is 1. The van der Waals surface area contributed by atoms with Crippen LogP contribution in [0.2, 0.25) is 0 Å². The summed E-state index contributed by atoms with van der Waals surface area (Å²) in [6, 6.07) is 13.5. The van der Waals surface area contributed by atoms with Crippen molar-refractivity contribution >= 4 is 11.9 Å². The van der Waals surface area contributed by atoms with Gasteiger partial charge in [-0.2, -0.15) is 0 Å². The lowest BCUT2D eigenvalue weighted by atomic mass is 9.72. The number of hydrogen-bond acceptors (Lipinski definition) is 4. The minimum atomic E-state index is -2.79. The average molecular weight is 585 g/mol. The van der Waals surface area contributed by atoms with Gasteiger partial charge in [-0.15, -0.1) is 0 Å². The van der Waals surface area contributed by atoms with E-state index in [0.717, 1.165) is 22.4 Å². The summed E-state index contributed by atoms with van der Waals surface area (Å²) in [6.45, 7) is 12.8. The fraction of sp³-hybridized carbons (Fsp3) is 0.588. The molecule has 2 aromatic rings. The number of alkyl halides is 2. The van der Waals surface area contributed by atoms with Crippen LogP contribution in [0.5, 0.6) is 5.75 Å².